The fraction of sp³-hybridized carbons (Fsp3) is 0.435. The molecule has 1 aliphatic heterocycles. The molecule has 2 saturated carbocycles. The van der Waals surface area contributed by atoms with Gasteiger partial charge < -0.3 is 13.8 Å². The number of benzene rings is 1. The predicted octanol–water partition coefficient (Wildman–Crippen LogP) is 4.02. The van der Waals surface area contributed by atoms with Gasteiger partial charge in [-0.2, -0.15) is 4.98 Å². The maximum Gasteiger partial charge on any atom is 0.230 e. The number of ether oxygens (including phenoxy) is 1. The van der Waals surface area contributed by atoms with E-state index < -0.39 is 0 Å². The molecule has 4 heterocycles. The van der Waals surface area contributed by atoms with E-state index in [1.807, 2.05) is 9.13 Å². The van der Waals surface area contributed by atoms with Crippen LogP contribution < -0.4 is 0 Å². The van der Waals surface area contributed by atoms with E-state index >= 15 is 0 Å². The summed E-state index contributed by atoms with van der Waals surface area (Å²) in [4.78, 5) is 9.22. The standard InChI is InChI=1S/C23H22FN7O2/c24-14-7-8-17-16(9-14)22-28-27-19(11-32-15-3-1-2-4-15)30(22)10-18-20(25-12-31(17)18)21-26-23(33-29-21)13-5-6-13/h7-9,12-13,15H,1-6,10-11H2. The minimum absolute atomic E-state index is 0.259. The van der Waals surface area contributed by atoms with Crippen molar-refractivity contribution in [3.05, 3.63) is 47.8 Å². The molecule has 0 N–H and O–H groups in total. The first kappa shape index (κ1) is 19.1. The summed E-state index contributed by atoms with van der Waals surface area (Å²) in [6.07, 6.45) is 8.70. The molecule has 10 heteroatoms. The summed E-state index contributed by atoms with van der Waals surface area (Å²) >= 11 is 0. The summed E-state index contributed by atoms with van der Waals surface area (Å²) < 4.78 is 29.8. The highest BCUT2D eigenvalue weighted by atomic mass is 19.1. The van der Waals surface area contributed by atoms with E-state index in [1.165, 1.54) is 25.0 Å². The van der Waals surface area contributed by atoms with Gasteiger partial charge in [0.15, 0.2) is 11.6 Å². The van der Waals surface area contributed by atoms with Crippen LogP contribution >= 0.6 is 0 Å². The minimum atomic E-state index is -0.330. The van der Waals surface area contributed by atoms with Crippen molar-refractivity contribution >= 4 is 0 Å². The van der Waals surface area contributed by atoms with Crippen molar-refractivity contribution in [3.8, 4) is 28.6 Å². The number of halogens is 1. The zero-order valence-electron chi connectivity index (χ0n) is 17.9. The molecule has 4 aromatic rings. The minimum Gasteiger partial charge on any atom is -0.370 e. The Bertz CT molecular complexity index is 1350. The van der Waals surface area contributed by atoms with Crippen molar-refractivity contribution in [3.63, 3.8) is 0 Å². The van der Waals surface area contributed by atoms with Gasteiger partial charge in [0.05, 0.1) is 24.0 Å². The Hall–Kier alpha value is -3.40. The predicted molar refractivity (Wildman–Crippen MR) is 114 cm³/mol. The second-order valence-electron chi connectivity index (χ2n) is 9.05. The van der Waals surface area contributed by atoms with Crippen molar-refractivity contribution in [1.29, 1.82) is 0 Å². The van der Waals surface area contributed by atoms with Crippen LogP contribution in [-0.4, -0.2) is 40.6 Å². The summed E-state index contributed by atoms with van der Waals surface area (Å²) in [5.41, 5.74) is 2.95. The van der Waals surface area contributed by atoms with E-state index in [0.717, 1.165) is 37.1 Å². The Morgan fingerprint density at radius 2 is 2.00 bits per heavy atom. The third-order valence-electron chi connectivity index (χ3n) is 6.79. The summed E-state index contributed by atoms with van der Waals surface area (Å²) in [5, 5.41) is 13.0. The third kappa shape index (κ3) is 3.19. The van der Waals surface area contributed by atoms with Crippen LogP contribution in [0.2, 0.25) is 0 Å². The van der Waals surface area contributed by atoms with Crippen LogP contribution in [0, 0.1) is 5.82 Å². The Morgan fingerprint density at radius 1 is 1.12 bits per heavy atom. The third-order valence-corrected chi connectivity index (χ3v) is 6.79. The second kappa shape index (κ2) is 7.31. The van der Waals surface area contributed by atoms with Gasteiger partial charge in [0.2, 0.25) is 11.7 Å². The van der Waals surface area contributed by atoms with Crippen molar-refractivity contribution in [2.24, 2.45) is 0 Å². The van der Waals surface area contributed by atoms with Gasteiger partial charge in [-0.1, -0.05) is 18.0 Å². The molecule has 0 spiro atoms. The van der Waals surface area contributed by atoms with Crippen LogP contribution in [0.3, 0.4) is 0 Å². The summed E-state index contributed by atoms with van der Waals surface area (Å²) in [7, 11) is 0. The number of rotatable bonds is 5. The zero-order chi connectivity index (χ0) is 21.9. The van der Waals surface area contributed by atoms with Crippen molar-refractivity contribution in [2.75, 3.05) is 0 Å². The summed E-state index contributed by atoms with van der Waals surface area (Å²) in [6.45, 7) is 0.796. The van der Waals surface area contributed by atoms with Crippen molar-refractivity contribution in [2.45, 2.75) is 63.7 Å². The Kier molecular flexibility index (Phi) is 4.23. The molecule has 7 rings (SSSR count). The highest BCUT2D eigenvalue weighted by Crippen LogP contribution is 2.40. The molecule has 0 unspecified atom stereocenters. The molecule has 168 valence electrons. The van der Waals surface area contributed by atoms with E-state index in [2.05, 4.69) is 25.3 Å². The summed E-state index contributed by atoms with van der Waals surface area (Å²) in [5.74, 6) is 2.48. The Balaban J connectivity index is 1.33. The Labute approximate surface area is 188 Å². The molecular weight excluding hydrogens is 425 g/mol. The average molecular weight is 447 g/mol. The topological polar surface area (TPSA) is 96.7 Å². The largest absolute Gasteiger partial charge is 0.370 e. The fourth-order valence-corrected chi connectivity index (χ4v) is 4.85. The molecular formula is C23H22FN7O2. The molecule has 2 aliphatic carbocycles. The van der Waals surface area contributed by atoms with E-state index in [9.17, 15) is 4.39 Å². The quantitative estimate of drug-likeness (QED) is 0.401. The molecule has 2 fully saturated rings. The van der Waals surface area contributed by atoms with Gasteiger partial charge in [-0.15, -0.1) is 10.2 Å². The molecule has 1 aromatic carbocycles. The SMILES string of the molecule is Fc1ccc2c(c1)-c1nnc(COC3CCCC3)n1Cc1c(-c3noc(C4CC4)n3)ncn1-2. The second-order valence-corrected chi connectivity index (χ2v) is 9.05. The molecule has 9 nitrogen and oxygen atoms in total. The molecule has 3 aromatic heterocycles. The average Bonchev–Trinajstić information content (AvgIpc) is 3.21. The van der Waals surface area contributed by atoms with Gasteiger partial charge in [0, 0.05) is 11.5 Å². The number of imidazole rings is 1. The first-order valence-electron chi connectivity index (χ1n) is 11.5. The molecule has 0 bridgehead atoms. The maximum atomic E-state index is 14.3. The van der Waals surface area contributed by atoms with Crippen LogP contribution in [-0.2, 0) is 17.9 Å². The molecule has 0 atom stereocenters. The highest BCUT2D eigenvalue weighted by molar-refractivity contribution is 5.71. The number of hydrogen-bond donors (Lipinski definition) is 0. The van der Waals surface area contributed by atoms with Crippen LogP contribution in [0.4, 0.5) is 4.39 Å². The lowest BCUT2D eigenvalue weighted by atomic mass is 10.1. The lowest BCUT2D eigenvalue weighted by Crippen LogP contribution is -2.13. The van der Waals surface area contributed by atoms with E-state index in [4.69, 9.17) is 9.26 Å². The van der Waals surface area contributed by atoms with E-state index in [1.54, 1.807) is 12.4 Å². The smallest absolute Gasteiger partial charge is 0.230 e. The molecule has 0 amide bonds. The Morgan fingerprint density at radius 3 is 2.85 bits per heavy atom. The molecule has 0 saturated heterocycles. The van der Waals surface area contributed by atoms with Gasteiger partial charge >= 0.3 is 0 Å². The zero-order valence-corrected chi connectivity index (χ0v) is 17.9. The number of fused-ring (bicyclic) bond motifs is 5. The van der Waals surface area contributed by atoms with E-state index in [-0.39, 0.29) is 11.9 Å². The monoisotopic (exact) mass is 447 g/mol. The van der Waals surface area contributed by atoms with Crippen LogP contribution in [0.15, 0.2) is 29.0 Å². The van der Waals surface area contributed by atoms with Crippen LogP contribution in [0.1, 0.15) is 61.9 Å². The van der Waals surface area contributed by atoms with Crippen molar-refractivity contribution < 1.29 is 13.7 Å². The normalized spacial score (nSPS) is 17.6. The number of aromatic nitrogens is 7. The lowest BCUT2D eigenvalue weighted by molar-refractivity contribution is 0.0401. The number of nitrogens with zero attached hydrogens (tertiary/aromatic N) is 7. The van der Waals surface area contributed by atoms with Crippen LogP contribution in [0.5, 0.6) is 0 Å². The van der Waals surface area contributed by atoms with Gasteiger partial charge in [0.25, 0.3) is 0 Å². The first-order chi connectivity index (χ1) is 16.2. The first-order valence-corrected chi connectivity index (χ1v) is 11.5. The summed E-state index contributed by atoms with van der Waals surface area (Å²) in [6, 6.07) is 4.67. The van der Waals surface area contributed by atoms with Crippen LogP contribution in [0.25, 0.3) is 28.6 Å². The van der Waals surface area contributed by atoms with Gasteiger partial charge in [-0.25, -0.2) is 9.37 Å². The fourth-order valence-electron chi connectivity index (χ4n) is 4.85. The number of hydrogen-bond acceptors (Lipinski definition) is 7. The van der Waals surface area contributed by atoms with E-state index in [0.29, 0.717) is 53.7 Å². The van der Waals surface area contributed by atoms with Crippen molar-refractivity contribution in [1.82, 2.24) is 34.5 Å². The maximum absolute atomic E-state index is 14.3. The molecule has 33 heavy (non-hydrogen) atoms. The lowest BCUT2D eigenvalue weighted by Gasteiger charge is -2.12. The van der Waals surface area contributed by atoms with Gasteiger partial charge in [0.1, 0.15) is 24.4 Å². The highest BCUT2D eigenvalue weighted by Gasteiger charge is 2.32. The van der Waals surface area contributed by atoms with Gasteiger partial charge in [-0.05, 0) is 43.9 Å². The molecule has 3 aliphatic rings. The van der Waals surface area contributed by atoms with Gasteiger partial charge in [-0.3, -0.25) is 4.57 Å². The molecule has 0 radical (unpaired) electrons.